The molecule has 0 fully saturated rings. The molecule has 17 heavy (non-hydrogen) atoms. The number of rotatable bonds is 3. The summed E-state index contributed by atoms with van der Waals surface area (Å²) < 4.78 is 0. The van der Waals surface area contributed by atoms with E-state index in [1.807, 2.05) is 12.1 Å². The molecule has 86 valence electrons. The van der Waals surface area contributed by atoms with Gasteiger partial charge in [0.05, 0.1) is 28.1 Å². The number of benzene rings is 1. The fourth-order valence-corrected chi connectivity index (χ4v) is 1.73. The summed E-state index contributed by atoms with van der Waals surface area (Å²) in [7, 11) is 0. The van der Waals surface area contributed by atoms with Gasteiger partial charge < -0.3 is 0 Å². The van der Waals surface area contributed by atoms with E-state index in [9.17, 15) is 0 Å². The van der Waals surface area contributed by atoms with Crippen LogP contribution in [0.3, 0.4) is 0 Å². The number of hydrogen-bond acceptors (Lipinski definition) is 3. The van der Waals surface area contributed by atoms with Gasteiger partial charge in [-0.25, -0.2) is 0 Å². The minimum absolute atomic E-state index is 0.564. The van der Waals surface area contributed by atoms with Gasteiger partial charge in [0.25, 0.3) is 0 Å². The van der Waals surface area contributed by atoms with Crippen molar-refractivity contribution in [2.24, 2.45) is 5.10 Å². The molecular weight excluding hydrogens is 257 g/mol. The zero-order chi connectivity index (χ0) is 12.1. The highest BCUT2D eigenvalue weighted by Crippen LogP contribution is 2.22. The molecule has 0 aliphatic heterocycles. The summed E-state index contributed by atoms with van der Waals surface area (Å²) in [5, 5.41) is 5.18. The summed E-state index contributed by atoms with van der Waals surface area (Å²) in [4.78, 5) is 3.96. The zero-order valence-electron chi connectivity index (χ0n) is 8.77. The second kappa shape index (κ2) is 5.66. The fraction of sp³-hybridized carbons (Fsp3) is 0. The lowest BCUT2D eigenvalue weighted by atomic mass is 10.2. The number of halogens is 2. The molecule has 1 N–H and O–H groups in total. The van der Waals surface area contributed by atoms with E-state index in [1.54, 1.807) is 36.8 Å². The highest BCUT2D eigenvalue weighted by atomic mass is 35.5. The van der Waals surface area contributed by atoms with Crippen LogP contribution in [0.25, 0.3) is 0 Å². The van der Waals surface area contributed by atoms with Crippen LogP contribution < -0.4 is 5.43 Å². The Balaban J connectivity index is 2.11. The number of hydrogen-bond donors (Lipinski definition) is 1. The largest absolute Gasteiger partial charge is 0.277 e. The molecule has 1 heterocycles. The summed E-state index contributed by atoms with van der Waals surface area (Å²) >= 11 is 12.0. The molecule has 0 radical (unpaired) electrons. The van der Waals surface area contributed by atoms with Gasteiger partial charge in [-0.15, -0.1) is 0 Å². The first-order valence-corrected chi connectivity index (χ1v) is 5.66. The Morgan fingerprint density at radius 2 is 1.88 bits per heavy atom. The van der Waals surface area contributed by atoms with Crippen LogP contribution in [0.4, 0.5) is 5.69 Å². The van der Waals surface area contributed by atoms with Gasteiger partial charge in [0, 0.05) is 11.8 Å². The van der Waals surface area contributed by atoms with Gasteiger partial charge in [-0.05, 0) is 24.3 Å². The van der Waals surface area contributed by atoms with Gasteiger partial charge in [0.1, 0.15) is 0 Å². The Kier molecular flexibility index (Phi) is 3.96. The van der Waals surface area contributed by atoms with E-state index in [0.717, 1.165) is 5.69 Å². The summed E-state index contributed by atoms with van der Waals surface area (Å²) in [6.07, 6.45) is 4.95. The van der Waals surface area contributed by atoms with Gasteiger partial charge in [-0.3, -0.25) is 10.4 Å². The Labute approximate surface area is 109 Å². The first-order chi connectivity index (χ1) is 8.27. The topological polar surface area (TPSA) is 37.3 Å². The highest BCUT2D eigenvalue weighted by molar-refractivity contribution is 6.38. The van der Waals surface area contributed by atoms with Crippen molar-refractivity contribution in [1.29, 1.82) is 0 Å². The standard InChI is InChI=1S/C12H9Cl2N3/c13-11-4-1-5-12(14)10(11)8-16-17-9-3-2-6-15-7-9/h1-8,17H/b16-8+. The molecule has 2 rings (SSSR count). The predicted octanol–water partition coefficient (Wildman–Crippen LogP) is 3.83. The molecule has 0 spiro atoms. The second-order valence-electron chi connectivity index (χ2n) is 3.25. The molecule has 5 heteroatoms. The van der Waals surface area contributed by atoms with Crippen LogP contribution in [-0.4, -0.2) is 11.2 Å². The average Bonchev–Trinajstić information content (AvgIpc) is 2.34. The van der Waals surface area contributed by atoms with Gasteiger partial charge in [-0.1, -0.05) is 29.3 Å². The van der Waals surface area contributed by atoms with Crippen molar-refractivity contribution in [1.82, 2.24) is 4.98 Å². The Bertz CT molecular complexity index is 506. The molecule has 0 aliphatic carbocycles. The highest BCUT2D eigenvalue weighted by Gasteiger charge is 2.01. The third-order valence-electron chi connectivity index (χ3n) is 2.05. The molecule has 0 atom stereocenters. The van der Waals surface area contributed by atoms with E-state index >= 15 is 0 Å². The molecule has 0 bridgehead atoms. The molecule has 1 aromatic carbocycles. The SMILES string of the molecule is Clc1cccc(Cl)c1/C=N/Nc1cccnc1. The number of nitrogens with zero attached hydrogens (tertiary/aromatic N) is 2. The monoisotopic (exact) mass is 265 g/mol. The lowest BCUT2D eigenvalue weighted by Crippen LogP contribution is -1.92. The average molecular weight is 266 g/mol. The van der Waals surface area contributed by atoms with Crippen molar-refractivity contribution >= 4 is 35.1 Å². The van der Waals surface area contributed by atoms with Crippen molar-refractivity contribution in [2.75, 3.05) is 5.43 Å². The van der Waals surface area contributed by atoms with Crippen LogP contribution in [0.15, 0.2) is 47.8 Å². The van der Waals surface area contributed by atoms with Gasteiger partial charge in [0.15, 0.2) is 0 Å². The minimum atomic E-state index is 0.564. The van der Waals surface area contributed by atoms with E-state index in [-0.39, 0.29) is 0 Å². The third-order valence-corrected chi connectivity index (χ3v) is 2.71. The lowest BCUT2D eigenvalue weighted by molar-refractivity contribution is 1.27. The first kappa shape index (κ1) is 11.9. The Morgan fingerprint density at radius 1 is 1.12 bits per heavy atom. The van der Waals surface area contributed by atoms with Gasteiger partial charge in [-0.2, -0.15) is 5.10 Å². The van der Waals surface area contributed by atoms with Crippen LogP contribution in [-0.2, 0) is 0 Å². The quantitative estimate of drug-likeness (QED) is 0.677. The predicted molar refractivity (Wildman–Crippen MR) is 71.9 cm³/mol. The molecule has 0 saturated heterocycles. The maximum absolute atomic E-state index is 6.00. The van der Waals surface area contributed by atoms with Crippen LogP contribution in [0.2, 0.25) is 10.0 Å². The van der Waals surface area contributed by atoms with E-state index in [1.165, 1.54) is 0 Å². The molecule has 1 aromatic heterocycles. The summed E-state index contributed by atoms with van der Waals surface area (Å²) in [6, 6.07) is 8.99. The summed E-state index contributed by atoms with van der Waals surface area (Å²) in [5.74, 6) is 0. The van der Waals surface area contributed by atoms with E-state index in [4.69, 9.17) is 23.2 Å². The number of anilines is 1. The smallest absolute Gasteiger partial charge is 0.0745 e. The van der Waals surface area contributed by atoms with Gasteiger partial charge >= 0.3 is 0 Å². The fourth-order valence-electron chi connectivity index (χ4n) is 1.23. The molecule has 2 aromatic rings. The normalized spacial score (nSPS) is 10.7. The first-order valence-electron chi connectivity index (χ1n) is 4.90. The van der Waals surface area contributed by atoms with E-state index < -0.39 is 0 Å². The Hall–Kier alpha value is -1.58. The van der Waals surface area contributed by atoms with Crippen LogP contribution in [0, 0.1) is 0 Å². The summed E-state index contributed by atoms with van der Waals surface area (Å²) in [6.45, 7) is 0. The zero-order valence-corrected chi connectivity index (χ0v) is 10.3. The van der Waals surface area contributed by atoms with E-state index in [2.05, 4.69) is 15.5 Å². The molecular formula is C12H9Cl2N3. The van der Waals surface area contributed by atoms with Crippen LogP contribution >= 0.6 is 23.2 Å². The minimum Gasteiger partial charge on any atom is -0.277 e. The maximum atomic E-state index is 6.00. The van der Waals surface area contributed by atoms with Crippen molar-refractivity contribution in [3.05, 3.63) is 58.3 Å². The van der Waals surface area contributed by atoms with Crippen molar-refractivity contribution in [3.63, 3.8) is 0 Å². The molecule has 0 amide bonds. The molecule has 0 saturated carbocycles. The third kappa shape index (κ3) is 3.19. The van der Waals surface area contributed by atoms with Gasteiger partial charge in [0.2, 0.25) is 0 Å². The van der Waals surface area contributed by atoms with Crippen molar-refractivity contribution in [3.8, 4) is 0 Å². The van der Waals surface area contributed by atoms with E-state index in [0.29, 0.717) is 15.6 Å². The number of nitrogens with one attached hydrogen (secondary N) is 1. The molecule has 0 unspecified atom stereocenters. The van der Waals surface area contributed by atoms with Crippen molar-refractivity contribution in [2.45, 2.75) is 0 Å². The number of pyridine rings is 1. The maximum Gasteiger partial charge on any atom is 0.0745 e. The summed E-state index contributed by atoms with van der Waals surface area (Å²) in [5.41, 5.74) is 4.32. The Morgan fingerprint density at radius 3 is 2.53 bits per heavy atom. The lowest BCUT2D eigenvalue weighted by Gasteiger charge is -2.01. The number of aromatic nitrogens is 1. The van der Waals surface area contributed by atoms with Crippen LogP contribution in [0.5, 0.6) is 0 Å². The number of hydrazone groups is 1. The van der Waals surface area contributed by atoms with Crippen molar-refractivity contribution < 1.29 is 0 Å². The molecule has 0 aliphatic rings. The molecule has 3 nitrogen and oxygen atoms in total. The van der Waals surface area contributed by atoms with Crippen LogP contribution in [0.1, 0.15) is 5.56 Å². The second-order valence-corrected chi connectivity index (χ2v) is 4.06.